The lowest BCUT2D eigenvalue weighted by Gasteiger charge is -2.33. The lowest BCUT2D eigenvalue weighted by atomic mass is 10.1. The molecule has 1 N–H and O–H groups in total. The quantitative estimate of drug-likeness (QED) is 0.614. The Kier molecular flexibility index (Phi) is 4.83. The van der Waals surface area contributed by atoms with Crippen molar-refractivity contribution in [2.24, 2.45) is 0 Å². The van der Waals surface area contributed by atoms with Crippen LogP contribution < -0.4 is 9.64 Å². The summed E-state index contributed by atoms with van der Waals surface area (Å²) in [6, 6.07) is 4.87. The first kappa shape index (κ1) is 19.5. The molecule has 0 saturated heterocycles. The zero-order chi connectivity index (χ0) is 20.9. The van der Waals surface area contributed by atoms with Gasteiger partial charge in [-0.3, -0.25) is 14.5 Å². The fraction of sp³-hybridized carbons (Fsp3) is 0.167. The third kappa shape index (κ3) is 3.49. The number of anilines is 1. The van der Waals surface area contributed by atoms with Crippen molar-refractivity contribution in [2.75, 3.05) is 4.90 Å². The molecule has 2 aromatic carbocycles. The Labute approximate surface area is 170 Å². The highest BCUT2D eigenvalue weighted by atomic mass is 35.5. The molecule has 1 atom stereocenters. The minimum atomic E-state index is -1.37. The Morgan fingerprint density at radius 2 is 2.03 bits per heavy atom. The van der Waals surface area contributed by atoms with Crippen LogP contribution in [0.4, 0.5) is 18.9 Å². The Balaban J connectivity index is 1.77. The molecule has 2 heterocycles. The van der Waals surface area contributed by atoms with Gasteiger partial charge in [0.2, 0.25) is 0 Å². The molecule has 0 fully saturated rings. The largest absolute Gasteiger partial charge is 0.481 e. The van der Waals surface area contributed by atoms with Crippen molar-refractivity contribution in [3.05, 3.63) is 51.7 Å². The molecule has 1 aromatic heterocycles. The van der Waals surface area contributed by atoms with Crippen LogP contribution in [0.15, 0.2) is 24.3 Å². The molecule has 29 heavy (non-hydrogen) atoms. The number of halogens is 4. The van der Waals surface area contributed by atoms with Crippen molar-refractivity contribution in [1.29, 1.82) is 0 Å². The van der Waals surface area contributed by atoms with Gasteiger partial charge >= 0.3 is 5.97 Å². The highest BCUT2D eigenvalue weighted by Crippen LogP contribution is 2.39. The van der Waals surface area contributed by atoms with Crippen LogP contribution in [-0.2, 0) is 16.1 Å². The summed E-state index contributed by atoms with van der Waals surface area (Å²) in [7, 11) is 0. The lowest BCUT2D eigenvalue weighted by Crippen LogP contribution is -2.46. The van der Waals surface area contributed by atoms with Gasteiger partial charge in [-0.05, 0) is 18.2 Å². The van der Waals surface area contributed by atoms with Crippen LogP contribution in [0.3, 0.4) is 0 Å². The summed E-state index contributed by atoms with van der Waals surface area (Å²) >= 11 is 6.75. The normalized spacial score (nSPS) is 16.1. The number of carboxylic acids is 1. The van der Waals surface area contributed by atoms with Gasteiger partial charge < -0.3 is 9.84 Å². The fourth-order valence-corrected chi connectivity index (χ4v) is 4.10. The minimum absolute atomic E-state index is 0.124. The van der Waals surface area contributed by atoms with Crippen molar-refractivity contribution < 1.29 is 32.6 Å². The van der Waals surface area contributed by atoms with Crippen molar-refractivity contribution in [1.82, 2.24) is 4.98 Å². The monoisotopic (exact) mass is 442 g/mol. The third-order valence-electron chi connectivity index (χ3n) is 4.24. The predicted molar refractivity (Wildman–Crippen MR) is 98.8 cm³/mol. The second kappa shape index (κ2) is 7.20. The first-order valence-electron chi connectivity index (χ1n) is 8.17. The Bertz CT molecular complexity index is 1170. The molecule has 0 spiro atoms. The maximum atomic E-state index is 14.0. The molecular weight excluding hydrogens is 433 g/mol. The van der Waals surface area contributed by atoms with E-state index < -0.39 is 47.4 Å². The maximum Gasteiger partial charge on any atom is 0.307 e. The topological polar surface area (TPSA) is 79.7 Å². The van der Waals surface area contributed by atoms with Gasteiger partial charge in [-0.15, -0.1) is 11.3 Å². The number of aliphatic carboxylic acids is 1. The molecule has 1 amide bonds. The Morgan fingerprint density at radius 3 is 2.76 bits per heavy atom. The summed E-state index contributed by atoms with van der Waals surface area (Å²) in [6.45, 7) is -0.231. The minimum Gasteiger partial charge on any atom is -0.481 e. The molecule has 0 aliphatic carbocycles. The van der Waals surface area contributed by atoms with Gasteiger partial charge in [-0.25, -0.2) is 18.2 Å². The Morgan fingerprint density at radius 1 is 1.28 bits per heavy atom. The molecule has 3 aromatic rings. The molecule has 0 saturated carbocycles. The van der Waals surface area contributed by atoms with Gasteiger partial charge in [0.25, 0.3) is 5.91 Å². The van der Waals surface area contributed by atoms with E-state index in [-0.39, 0.29) is 27.7 Å². The van der Waals surface area contributed by atoms with E-state index in [2.05, 4.69) is 4.98 Å². The summed E-state index contributed by atoms with van der Waals surface area (Å²) in [5.41, 5.74) is -0.216. The average molecular weight is 443 g/mol. The standard InChI is InChI=1S/C18H10ClF3N2O4S/c19-7-1-2-11-10(3-7)24(18(27)12(28-11)5-14(25)26)6-13-23-16-15(22)8(20)4-9(21)17(16)29-13/h1-4,12H,5-6H2,(H,25,26). The number of carbonyl (C=O) groups excluding carboxylic acids is 1. The Hall–Kier alpha value is -2.85. The molecule has 1 aliphatic heterocycles. The summed E-state index contributed by atoms with van der Waals surface area (Å²) in [5.74, 6) is -5.31. The van der Waals surface area contributed by atoms with Crippen LogP contribution in [0, 0.1) is 17.5 Å². The molecule has 1 aliphatic rings. The number of nitrogens with zero attached hydrogens (tertiary/aromatic N) is 2. The number of hydrogen-bond donors (Lipinski definition) is 1. The van der Waals surface area contributed by atoms with Crippen LogP contribution in [0.25, 0.3) is 10.2 Å². The molecule has 0 bridgehead atoms. The van der Waals surface area contributed by atoms with Gasteiger partial charge in [-0.2, -0.15) is 0 Å². The smallest absolute Gasteiger partial charge is 0.307 e. The van der Waals surface area contributed by atoms with Gasteiger partial charge in [0.05, 0.1) is 23.4 Å². The van der Waals surface area contributed by atoms with Crippen LogP contribution in [-0.4, -0.2) is 28.1 Å². The number of benzene rings is 2. The molecular formula is C18H10ClF3N2O4S. The molecule has 150 valence electrons. The first-order valence-corrected chi connectivity index (χ1v) is 9.36. The molecule has 0 radical (unpaired) electrons. The first-order chi connectivity index (χ1) is 13.7. The number of amides is 1. The number of aromatic nitrogens is 1. The summed E-state index contributed by atoms with van der Waals surface area (Å²) in [4.78, 5) is 29.0. The van der Waals surface area contributed by atoms with E-state index in [0.29, 0.717) is 11.1 Å². The number of hydrogen-bond acceptors (Lipinski definition) is 5. The molecule has 4 rings (SSSR count). The summed E-state index contributed by atoms with van der Waals surface area (Å²) in [6.07, 6.45) is -1.87. The highest BCUT2D eigenvalue weighted by Gasteiger charge is 2.36. The van der Waals surface area contributed by atoms with Gasteiger partial charge in [0.15, 0.2) is 17.7 Å². The van der Waals surface area contributed by atoms with Crippen molar-refractivity contribution in [2.45, 2.75) is 19.1 Å². The van der Waals surface area contributed by atoms with Crippen LogP contribution in [0.1, 0.15) is 11.4 Å². The third-order valence-corrected chi connectivity index (χ3v) is 5.52. The van der Waals surface area contributed by atoms with E-state index in [0.717, 1.165) is 11.3 Å². The van der Waals surface area contributed by atoms with Crippen molar-refractivity contribution in [3.8, 4) is 5.75 Å². The number of rotatable bonds is 4. The van der Waals surface area contributed by atoms with E-state index in [9.17, 15) is 22.8 Å². The number of carboxylic acid groups (broad SMARTS) is 1. The number of fused-ring (bicyclic) bond motifs is 2. The zero-order valence-corrected chi connectivity index (χ0v) is 15.9. The second-order valence-corrected chi connectivity index (χ2v) is 7.70. The molecule has 11 heteroatoms. The van der Waals surface area contributed by atoms with Gasteiger partial charge in [0.1, 0.15) is 22.1 Å². The highest BCUT2D eigenvalue weighted by molar-refractivity contribution is 7.18. The fourth-order valence-electron chi connectivity index (χ4n) is 2.98. The summed E-state index contributed by atoms with van der Waals surface area (Å²) < 4.78 is 46.7. The van der Waals surface area contributed by atoms with Crippen molar-refractivity contribution in [3.63, 3.8) is 0 Å². The number of carbonyl (C=O) groups is 2. The van der Waals surface area contributed by atoms with E-state index in [4.69, 9.17) is 21.4 Å². The van der Waals surface area contributed by atoms with E-state index in [1.165, 1.54) is 23.1 Å². The van der Waals surface area contributed by atoms with E-state index in [1.54, 1.807) is 0 Å². The van der Waals surface area contributed by atoms with Crippen LogP contribution in [0.2, 0.25) is 5.02 Å². The molecule has 6 nitrogen and oxygen atoms in total. The summed E-state index contributed by atoms with van der Waals surface area (Å²) in [5, 5.41) is 9.45. The zero-order valence-electron chi connectivity index (χ0n) is 14.3. The van der Waals surface area contributed by atoms with E-state index >= 15 is 0 Å². The number of thiazole rings is 1. The van der Waals surface area contributed by atoms with Crippen LogP contribution >= 0.6 is 22.9 Å². The predicted octanol–water partition coefficient (Wildman–Crippen LogP) is 4.14. The van der Waals surface area contributed by atoms with Gasteiger partial charge in [0, 0.05) is 11.1 Å². The number of ether oxygens (including phenoxy) is 1. The maximum absolute atomic E-state index is 14.0. The lowest BCUT2D eigenvalue weighted by molar-refractivity contribution is -0.142. The van der Waals surface area contributed by atoms with Crippen molar-refractivity contribution >= 4 is 50.7 Å². The SMILES string of the molecule is O=C(O)CC1Oc2ccc(Cl)cc2N(Cc2nc3c(F)c(F)cc(F)c3s2)C1=O. The van der Waals surface area contributed by atoms with E-state index in [1.807, 2.05) is 0 Å². The second-order valence-electron chi connectivity index (χ2n) is 6.18. The molecule has 1 unspecified atom stereocenters. The average Bonchev–Trinajstić information content (AvgIpc) is 3.08. The van der Waals surface area contributed by atoms with Gasteiger partial charge in [-0.1, -0.05) is 11.6 Å². The van der Waals surface area contributed by atoms with Crippen LogP contribution in [0.5, 0.6) is 5.75 Å².